The van der Waals surface area contributed by atoms with Crippen molar-refractivity contribution in [1.29, 1.82) is 0 Å². The van der Waals surface area contributed by atoms with E-state index in [0.717, 1.165) is 25.2 Å². The number of aromatic nitrogens is 2. The average molecular weight is 285 g/mol. The quantitative estimate of drug-likeness (QED) is 0.821. The number of hydrogen-bond donors (Lipinski definition) is 1. The van der Waals surface area contributed by atoms with Gasteiger partial charge in [-0.05, 0) is 82.4 Å². The van der Waals surface area contributed by atoms with Crippen molar-refractivity contribution in [3.8, 4) is 5.69 Å². The van der Waals surface area contributed by atoms with Gasteiger partial charge >= 0.3 is 0 Å². The number of nitrogens with zero attached hydrogens (tertiary/aromatic N) is 2. The van der Waals surface area contributed by atoms with Gasteiger partial charge in [0, 0.05) is 5.69 Å². The molecule has 2 aromatic rings. The van der Waals surface area contributed by atoms with E-state index >= 15 is 0 Å². The molecule has 2 rings (SSSR count). The Morgan fingerprint density at radius 1 is 1.00 bits per heavy atom. The summed E-state index contributed by atoms with van der Waals surface area (Å²) < 4.78 is 2.09. The van der Waals surface area contributed by atoms with E-state index in [1.165, 1.54) is 34.5 Å². The maximum atomic E-state index is 4.75. The highest BCUT2D eigenvalue weighted by atomic mass is 15.3. The molecule has 3 heteroatoms. The molecule has 0 radical (unpaired) electrons. The van der Waals surface area contributed by atoms with E-state index in [1.54, 1.807) is 0 Å². The molecule has 0 aliphatic carbocycles. The third kappa shape index (κ3) is 3.73. The number of nitrogens with one attached hydrogen (secondary N) is 1. The highest BCUT2D eigenvalue weighted by Crippen LogP contribution is 2.20. The highest BCUT2D eigenvalue weighted by Gasteiger charge is 2.12. The molecular formula is C18H27N3. The fraction of sp³-hybridized carbons (Fsp3) is 0.500. The Hall–Kier alpha value is -1.61. The molecule has 0 spiro atoms. The first kappa shape index (κ1) is 15.8. The van der Waals surface area contributed by atoms with Crippen LogP contribution in [0.15, 0.2) is 18.2 Å². The monoisotopic (exact) mass is 285 g/mol. The van der Waals surface area contributed by atoms with E-state index in [0.29, 0.717) is 0 Å². The molecule has 21 heavy (non-hydrogen) atoms. The first-order chi connectivity index (χ1) is 10.0. The van der Waals surface area contributed by atoms with Gasteiger partial charge in [0.1, 0.15) is 0 Å². The molecule has 0 aliphatic heterocycles. The molecule has 1 N–H and O–H groups in total. The minimum atomic E-state index is 1.02. The standard InChI is InChI=1S/C18H27N3/c1-6-8-19-9-7-18-15(4)20-21(16(18)5)17-11-13(2)10-14(3)12-17/h10-12,19H,6-9H2,1-5H3. The minimum Gasteiger partial charge on any atom is -0.316 e. The van der Waals surface area contributed by atoms with Crippen molar-refractivity contribution < 1.29 is 0 Å². The van der Waals surface area contributed by atoms with Crippen LogP contribution in [0.2, 0.25) is 0 Å². The lowest BCUT2D eigenvalue weighted by Crippen LogP contribution is -2.18. The molecule has 0 unspecified atom stereocenters. The van der Waals surface area contributed by atoms with Crippen molar-refractivity contribution in [1.82, 2.24) is 15.1 Å². The van der Waals surface area contributed by atoms with E-state index in [9.17, 15) is 0 Å². The number of hydrogen-bond acceptors (Lipinski definition) is 2. The number of benzene rings is 1. The topological polar surface area (TPSA) is 29.9 Å². The van der Waals surface area contributed by atoms with E-state index < -0.39 is 0 Å². The molecule has 1 heterocycles. The zero-order chi connectivity index (χ0) is 15.4. The Morgan fingerprint density at radius 2 is 1.67 bits per heavy atom. The normalized spacial score (nSPS) is 11.1. The van der Waals surface area contributed by atoms with Gasteiger partial charge in [-0.3, -0.25) is 0 Å². The second-order valence-electron chi connectivity index (χ2n) is 5.91. The SMILES string of the molecule is CCCNCCc1c(C)nn(-c2cc(C)cc(C)c2)c1C. The van der Waals surface area contributed by atoms with Crippen molar-refractivity contribution in [3.05, 3.63) is 46.3 Å². The van der Waals surface area contributed by atoms with Gasteiger partial charge in [0.05, 0.1) is 11.4 Å². The summed E-state index contributed by atoms with van der Waals surface area (Å²) in [4.78, 5) is 0. The van der Waals surface area contributed by atoms with Gasteiger partial charge in [0.2, 0.25) is 0 Å². The van der Waals surface area contributed by atoms with Crippen molar-refractivity contribution in [3.63, 3.8) is 0 Å². The highest BCUT2D eigenvalue weighted by molar-refractivity contribution is 5.42. The fourth-order valence-corrected chi connectivity index (χ4v) is 2.88. The maximum Gasteiger partial charge on any atom is 0.0654 e. The number of rotatable bonds is 6. The molecular weight excluding hydrogens is 258 g/mol. The van der Waals surface area contributed by atoms with Gasteiger partial charge in [-0.15, -0.1) is 0 Å². The van der Waals surface area contributed by atoms with Crippen LogP contribution in [-0.4, -0.2) is 22.9 Å². The largest absolute Gasteiger partial charge is 0.316 e. The van der Waals surface area contributed by atoms with Crippen LogP contribution in [0.25, 0.3) is 5.69 Å². The third-order valence-electron chi connectivity index (χ3n) is 3.87. The summed E-state index contributed by atoms with van der Waals surface area (Å²) in [5, 5.41) is 8.22. The van der Waals surface area contributed by atoms with Crippen molar-refractivity contribution in [2.45, 2.75) is 47.5 Å². The zero-order valence-electron chi connectivity index (χ0n) is 14.0. The fourth-order valence-electron chi connectivity index (χ4n) is 2.88. The van der Waals surface area contributed by atoms with Crippen LogP contribution in [0.1, 0.15) is 41.4 Å². The zero-order valence-corrected chi connectivity index (χ0v) is 14.0. The molecule has 0 atom stereocenters. The third-order valence-corrected chi connectivity index (χ3v) is 3.87. The summed E-state index contributed by atoms with van der Waals surface area (Å²) in [6, 6.07) is 6.60. The first-order valence-electron chi connectivity index (χ1n) is 7.87. The summed E-state index contributed by atoms with van der Waals surface area (Å²) in [5.74, 6) is 0. The molecule has 0 bridgehead atoms. The van der Waals surface area contributed by atoms with Crippen LogP contribution in [0.5, 0.6) is 0 Å². The van der Waals surface area contributed by atoms with Gasteiger partial charge < -0.3 is 5.32 Å². The molecule has 0 aliphatic rings. The Morgan fingerprint density at radius 3 is 2.29 bits per heavy atom. The van der Waals surface area contributed by atoms with Gasteiger partial charge in [0.15, 0.2) is 0 Å². The molecule has 0 saturated carbocycles. The van der Waals surface area contributed by atoms with Crippen LogP contribution >= 0.6 is 0 Å². The summed E-state index contributed by atoms with van der Waals surface area (Å²) in [6.07, 6.45) is 2.22. The Kier molecular flexibility index (Phi) is 5.18. The molecule has 0 fully saturated rings. The van der Waals surface area contributed by atoms with Crippen LogP contribution in [-0.2, 0) is 6.42 Å². The Balaban J connectivity index is 2.25. The Bertz CT molecular complexity index is 591. The molecule has 0 saturated heterocycles. The van der Waals surface area contributed by atoms with E-state index in [4.69, 9.17) is 5.10 Å². The maximum absolute atomic E-state index is 4.75. The van der Waals surface area contributed by atoms with Gasteiger partial charge in [-0.2, -0.15) is 5.10 Å². The average Bonchev–Trinajstić information content (AvgIpc) is 2.70. The number of aryl methyl sites for hydroxylation is 3. The summed E-state index contributed by atoms with van der Waals surface area (Å²) in [7, 11) is 0. The van der Waals surface area contributed by atoms with Crippen molar-refractivity contribution in [2.75, 3.05) is 13.1 Å². The minimum absolute atomic E-state index is 1.02. The van der Waals surface area contributed by atoms with Gasteiger partial charge in [-0.1, -0.05) is 13.0 Å². The molecule has 1 aromatic heterocycles. The van der Waals surface area contributed by atoms with Crippen molar-refractivity contribution >= 4 is 0 Å². The second kappa shape index (κ2) is 6.90. The van der Waals surface area contributed by atoms with Gasteiger partial charge in [0.25, 0.3) is 0 Å². The van der Waals surface area contributed by atoms with E-state index in [-0.39, 0.29) is 0 Å². The molecule has 0 amide bonds. The van der Waals surface area contributed by atoms with Gasteiger partial charge in [-0.25, -0.2) is 4.68 Å². The summed E-state index contributed by atoms with van der Waals surface area (Å²) in [5.41, 5.74) is 7.51. The smallest absolute Gasteiger partial charge is 0.0654 e. The molecule has 114 valence electrons. The molecule has 3 nitrogen and oxygen atoms in total. The van der Waals surface area contributed by atoms with Crippen LogP contribution in [0, 0.1) is 27.7 Å². The van der Waals surface area contributed by atoms with Crippen LogP contribution in [0.4, 0.5) is 0 Å². The first-order valence-corrected chi connectivity index (χ1v) is 7.87. The van der Waals surface area contributed by atoms with Crippen LogP contribution in [0.3, 0.4) is 0 Å². The Labute approximate surface area is 128 Å². The van der Waals surface area contributed by atoms with E-state index in [1.807, 2.05) is 0 Å². The summed E-state index contributed by atoms with van der Waals surface area (Å²) >= 11 is 0. The van der Waals surface area contributed by atoms with E-state index in [2.05, 4.69) is 62.8 Å². The molecule has 1 aromatic carbocycles. The lowest BCUT2D eigenvalue weighted by Gasteiger charge is -2.08. The predicted molar refractivity (Wildman–Crippen MR) is 89.4 cm³/mol. The lowest BCUT2D eigenvalue weighted by atomic mass is 10.1. The predicted octanol–water partition coefficient (Wildman–Crippen LogP) is 3.65. The van der Waals surface area contributed by atoms with Crippen molar-refractivity contribution in [2.24, 2.45) is 0 Å². The summed E-state index contributed by atoms with van der Waals surface area (Å²) in [6.45, 7) is 12.9. The lowest BCUT2D eigenvalue weighted by molar-refractivity contribution is 0.669. The second-order valence-corrected chi connectivity index (χ2v) is 5.91. The van der Waals surface area contributed by atoms with Crippen LogP contribution < -0.4 is 5.32 Å².